The van der Waals surface area contributed by atoms with E-state index in [0.717, 1.165) is 17.9 Å². The maximum atomic E-state index is 11.9. The largest absolute Gasteiger partial charge is 0.496 e. The summed E-state index contributed by atoms with van der Waals surface area (Å²) in [7, 11) is 1.65. The minimum absolute atomic E-state index is 0.124. The van der Waals surface area contributed by atoms with Crippen LogP contribution in [0, 0.1) is 5.92 Å². The van der Waals surface area contributed by atoms with Gasteiger partial charge in [0.05, 0.1) is 19.6 Å². The Morgan fingerprint density at radius 3 is 2.89 bits per heavy atom. The molecule has 0 spiro atoms. The first-order valence-electron chi connectivity index (χ1n) is 6.28. The average molecular weight is 249 g/mol. The van der Waals surface area contributed by atoms with Crippen molar-refractivity contribution in [3.63, 3.8) is 0 Å². The van der Waals surface area contributed by atoms with E-state index in [0.29, 0.717) is 13.2 Å². The first-order valence-corrected chi connectivity index (χ1v) is 6.28. The van der Waals surface area contributed by atoms with E-state index >= 15 is 0 Å². The number of carbonyl (C=O) groups excluding carboxylic acids is 1. The second-order valence-corrected chi connectivity index (χ2v) is 4.37. The van der Waals surface area contributed by atoms with Crippen molar-refractivity contribution in [3.05, 3.63) is 29.8 Å². The summed E-state index contributed by atoms with van der Waals surface area (Å²) in [6, 6.07) is 7.85. The van der Waals surface area contributed by atoms with Crippen molar-refractivity contribution in [1.29, 1.82) is 0 Å². The van der Waals surface area contributed by atoms with E-state index in [1.807, 2.05) is 31.2 Å². The molecule has 1 fully saturated rings. The first kappa shape index (κ1) is 12.9. The lowest BCUT2D eigenvalue weighted by atomic mass is 9.88. The smallest absolute Gasteiger partial charge is 0.310 e. The fraction of sp³-hybridized carbons (Fsp3) is 0.500. The fourth-order valence-electron chi connectivity index (χ4n) is 2.48. The van der Waals surface area contributed by atoms with Crippen LogP contribution in [0.3, 0.4) is 0 Å². The minimum Gasteiger partial charge on any atom is -0.496 e. The molecule has 1 aromatic carbocycles. The average Bonchev–Trinajstić information content (AvgIpc) is 2.88. The van der Waals surface area contributed by atoms with Crippen LogP contribution in [-0.4, -0.2) is 32.8 Å². The number of hydrogen-bond donors (Lipinski definition) is 1. The summed E-state index contributed by atoms with van der Waals surface area (Å²) in [5, 5.41) is 3.26. The van der Waals surface area contributed by atoms with Crippen LogP contribution >= 0.6 is 0 Å². The maximum Gasteiger partial charge on any atom is 0.310 e. The highest BCUT2D eigenvalue weighted by Gasteiger charge is 2.36. The van der Waals surface area contributed by atoms with Gasteiger partial charge in [-0.15, -0.1) is 0 Å². The van der Waals surface area contributed by atoms with Crippen molar-refractivity contribution in [2.24, 2.45) is 5.92 Å². The van der Waals surface area contributed by atoms with Crippen LogP contribution in [0.25, 0.3) is 0 Å². The molecule has 1 aliphatic rings. The van der Waals surface area contributed by atoms with Crippen molar-refractivity contribution in [3.8, 4) is 5.75 Å². The molecule has 0 amide bonds. The van der Waals surface area contributed by atoms with Crippen LogP contribution in [0.2, 0.25) is 0 Å². The summed E-state index contributed by atoms with van der Waals surface area (Å²) in [6.45, 7) is 3.71. The van der Waals surface area contributed by atoms with Crippen LogP contribution in [-0.2, 0) is 9.53 Å². The predicted molar refractivity (Wildman–Crippen MR) is 68.7 cm³/mol. The Labute approximate surface area is 107 Å². The Kier molecular flexibility index (Phi) is 4.20. The van der Waals surface area contributed by atoms with E-state index in [2.05, 4.69) is 5.32 Å². The molecule has 1 aliphatic heterocycles. The van der Waals surface area contributed by atoms with Crippen molar-refractivity contribution in [2.45, 2.75) is 12.8 Å². The highest BCUT2D eigenvalue weighted by Crippen LogP contribution is 2.34. The molecule has 0 bridgehead atoms. The standard InChI is InChI=1S/C14H19NO3/c1-3-18-14(16)12-9-15-8-11(12)10-6-4-5-7-13(10)17-2/h4-7,11-12,15H,3,8-9H2,1-2H3/t11-,12+/m0/s1. The molecule has 1 saturated heterocycles. The molecule has 1 heterocycles. The normalized spacial score (nSPS) is 22.8. The van der Waals surface area contributed by atoms with Crippen molar-refractivity contribution >= 4 is 5.97 Å². The lowest BCUT2D eigenvalue weighted by Gasteiger charge is -2.19. The number of ether oxygens (including phenoxy) is 2. The van der Waals surface area contributed by atoms with E-state index in [9.17, 15) is 4.79 Å². The Bertz CT molecular complexity index is 419. The number of carbonyl (C=O) groups is 1. The monoisotopic (exact) mass is 249 g/mol. The number of methoxy groups -OCH3 is 1. The lowest BCUT2D eigenvalue weighted by molar-refractivity contribution is -0.147. The van der Waals surface area contributed by atoms with Crippen LogP contribution in [0.4, 0.5) is 0 Å². The Balaban J connectivity index is 2.23. The molecule has 0 aromatic heterocycles. The second kappa shape index (κ2) is 5.87. The molecule has 0 radical (unpaired) electrons. The van der Waals surface area contributed by atoms with Crippen LogP contribution in [0.1, 0.15) is 18.4 Å². The molecule has 0 unspecified atom stereocenters. The second-order valence-electron chi connectivity index (χ2n) is 4.37. The Morgan fingerprint density at radius 1 is 1.39 bits per heavy atom. The maximum absolute atomic E-state index is 11.9. The van der Waals surface area contributed by atoms with Gasteiger partial charge in [-0.2, -0.15) is 0 Å². The molecular formula is C14H19NO3. The third-order valence-corrected chi connectivity index (χ3v) is 3.34. The molecule has 4 heteroatoms. The van der Waals surface area contributed by atoms with Gasteiger partial charge in [0.15, 0.2) is 0 Å². The highest BCUT2D eigenvalue weighted by atomic mass is 16.5. The van der Waals surface area contributed by atoms with Gasteiger partial charge in [-0.1, -0.05) is 18.2 Å². The van der Waals surface area contributed by atoms with Gasteiger partial charge < -0.3 is 14.8 Å². The van der Waals surface area contributed by atoms with E-state index in [1.165, 1.54) is 0 Å². The number of esters is 1. The fourth-order valence-corrected chi connectivity index (χ4v) is 2.48. The molecule has 0 saturated carbocycles. The summed E-state index contributed by atoms with van der Waals surface area (Å²) in [5.41, 5.74) is 1.07. The Hall–Kier alpha value is -1.55. The summed E-state index contributed by atoms with van der Waals surface area (Å²) >= 11 is 0. The molecule has 4 nitrogen and oxygen atoms in total. The van der Waals surface area contributed by atoms with Crippen molar-refractivity contribution in [2.75, 3.05) is 26.8 Å². The summed E-state index contributed by atoms with van der Waals surface area (Å²) in [4.78, 5) is 11.9. The number of para-hydroxylation sites is 1. The number of rotatable bonds is 4. The van der Waals surface area contributed by atoms with Gasteiger partial charge in [-0.3, -0.25) is 4.79 Å². The van der Waals surface area contributed by atoms with Gasteiger partial charge in [0.1, 0.15) is 5.75 Å². The molecule has 18 heavy (non-hydrogen) atoms. The minimum atomic E-state index is -0.126. The molecule has 1 N–H and O–H groups in total. The van der Waals surface area contributed by atoms with Crippen LogP contribution in [0.5, 0.6) is 5.75 Å². The number of nitrogens with one attached hydrogen (secondary N) is 1. The number of benzene rings is 1. The molecule has 2 atom stereocenters. The molecule has 2 rings (SSSR count). The summed E-state index contributed by atoms with van der Waals surface area (Å²) in [6.07, 6.45) is 0. The lowest BCUT2D eigenvalue weighted by Crippen LogP contribution is -2.24. The first-order chi connectivity index (χ1) is 8.77. The third-order valence-electron chi connectivity index (χ3n) is 3.34. The van der Waals surface area contributed by atoms with E-state index in [1.54, 1.807) is 7.11 Å². The van der Waals surface area contributed by atoms with Gasteiger partial charge in [0.2, 0.25) is 0 Å². The third kappa shape index (κ3) is 2.48. The molecular weight excluding hydrogens is 230 g/mol. The Morgan fingerprint density at radius 2 is 2.17 bits per heavy atom. The zero-order valence-corrected chi connectivity index (χ0v) is 10.8. The van der Waals surface area contributed by atoms with Crippen LogP contribution in [0.15, 0.2) is 24.3 Å². The number of hydrogen-bond acceptors (Lipinski definition) is 4. The predicted octanol–water partition coefficient (Wildman–Crippen LogP) is 1.56. The van der Waals surface area contributed by atoms with Gasteiger partial charge in [0.25, 0.3) is 0 Å². The molecule has 0 aliphatic carbocycles. The molecule has 98 valence electrons. The SMILES string of the molecule is CCOC(=O)[C@@H]1CNC[C@H]1c1ccccc1OC. The molecule has 1 aromatic rings. The highest BCUT2D eigenvalue weighted by molar-refractivity contribution is 5.75. The zero-order valence-electron chi connectivity index (χ0n) is 10.8. The van der Waals surface area contributed by atoms with Gasteiger partial charge in [-0.25, -0.2) is 0 Å². The summed E-state index contributed by atoms with van der Waals surface area (Å²) in [5.74, 6) is 0.709. The van der Waals surface area contributed by atoms with Crippen LogP contribution < -0.4 is 10.1 Å². The van der Waals surface area contributed by atoms with E-state index < -0.39 is 0 Å². The topological polar surface area (TPSA) is 47.6 Å². The van der Waals surface area contributed by atoms with Gasteiger partial charge in [-0.05, 0) is 18.6 Å². The van der Waals surface area contributed by atoms with E-state index in [4.69, 9.17) is 9.47 Å². The quantitative estimate of drug-likeness (QED) is 0.823. The van der Waals surface area contributed by atoms with Crippen molar-refractivity contribution in [1.82, 2.24) is 5.32 Å². The zero-order chi connectivity index (χ0) is 13.0. The van der Waals surface area contributed by atoms with Gasteiger partial charge >= 0.3 is 5.97 Å². The summed E-state index contributed by atoms with van der Waals surface area (Å²) < 4.78 is 10.5. The van der Waals surface area contributed by atoms with E-state index in [-0.39, 0.29) is 17.8 Å². The van der Waals surface area contributed by atoms with Crippen molar-refractivity contribution < 1.29 is 14.3 Å². The van der Waals surface area contributed by atoms with Gasteiger partial charge in [0, 0.05) is 19.0 Å².